The summed E-state index contributed by atoms with van der Waals surface area (Å²) in [6.45, 7) is 3.36. The van der Waals surface area contributed by atoms with Crippen molar-refractivity contribution in [3.63, 3.8) is 0 Å². The van der Waals surface area contributed by atoms with E-state index in [0.29, 0.717) is 6.42 Å². The molecule has 0 heterocycles. The van der Waals surface area contributed by atoms with Crippen LogP contribution in [0.3, 0.4) is 0 Å². The van der Waals surface area contributed by atoms with E-state index in [1.54, 1.807) is 13.8 Å². The molecule has 1 unspecified atom stereocenters. The van der Waals surface area contributed by atoms with Crippen molar-refractivity contribution in [2.75, 3.05) is 0 Å². The minimum Gasteiger partial charge on any atom is -0.461 e. The number of nitrogens with two attached hydrogens (primary N) is 1. The average molecular weight is 215 g/mol. The van der Waals surface area contributed by atoms with Gasteiger partial charge in [0.2, 0.25) is 0 Å². The molecule has 1 fully saturated rings. The maximum Gasteiger partial charge on any atom is 0.326 e. The van der Waals surface area contributed by atoms with Gasteiger partial charge < -0.3 is 15.6 Å². The lowest BCUT2D eigenvalue weighted by Crippen LogP contribution is -2.51. The number of hydrogen-bond donors (Lipinski definition) is 2. The molecular weight excluding hydrogens is 194 g/mol. The molecule has 0 amide bonds. The number of aliphatic hydroxyl groups is 1. The zero-order valence-electron chi connectivity index (χ0n) is 9.53. The summed E-state index contributed by atoms with van der Waals surface area (Å²) in [5.74, 6) is -0.478. The van der Waals surface area contributed by atoms with Crippen LogP contribution < -0.4 is 5.73 Å². The molecule has 0 spiro atoms. The Bertz CT molecular complexity index is 222. The zero-order chi connectivity index (χ0) is 11.5. The smallest absolute Gasteiger partial charge is 0.326 e. The van der Waals surface area contributed by atoms with Crippen LogP contribution in [0.1, 0.15) is 46.0 Å². The summed E-state index contributed by atoms with van der Waals surface area (Å²) < 4.78 is 5.24. The first-order valence-corrected chi connectivity index (χ1v) is 5.66. The maximum absolute atomic E-state index is 11.6. The van der Waals surface area contributed by atoms with Gasteiger partial charge in [0.1, 0.15) is 12.1 Å². The third-order valence-corrected chi connectivity index (χ3v) is 3.22. The van der Waals surface area contributed by atoms with Crippen LogP contribution in [0.2, 0.25) is 0 Å². The van der Waals surface area contributed by atoms with E-state index in [1.165, 1.54) is 0 Å². The second-order valence-corrected chi connectivity index (χ2v) is 4.53. The second-order valence-electron chi connectivity index (χ2n) is 4.53. The van der Waals surface area contributed by atoms with E-state index in [1.807, 2.05) is 0 Å². The van der Waals surface area contributed by atoms with Crippen molar-refractivity contribution >= 4 is 5.97 Å². The Balaban J connectivity index is 2.45. The summed E-state index contributed by atoms with van der Waals surface area (Å²) in [6.07, 6.45) is 4.51. The van der Waals surface area contributed by atoms with Crippen LogP contribution in [0.5, 0.6) is 0 Å². The maximum atomic E-state index is 11.6. The number of ether oxygens (including phenoxy) is 1. The molecular formula is C11H21NO3. The minimum atomic E-state index is -1.17. The van der Waals surface area contributed by atoms with Gasteiger partial charge in [0.25, 0.3) is 0 Å². The van der Waals surface area contributed by atoms with Crippen molar-refractivity contribution in [3.8, 4) is 0 Å². The lowest BCUT2D eigenvalue weighted by Gasteiger charge is -2.28. The van der Waals surface area contributed by atoms with Gasteiger partial charge in [0.15, 0.2) is 0 Å². The molecule has 4 heteroatoms. The van der Waals surface area contributed by atoms with Gasteiger partial charge in [-0.25, -0.2) is 0 Å². The summed E-state index contributed by atoms with van der Waals surface area (Å²) in [4.78, 5) is 11.6. The predicted octanol–water partition coefficient (Wildman–Crippen LogP) is 0.960. The summed E-state index contributed by atoms with van der Waals surface area (Å²) >= 11 is 0. The molecule has 2 atom stereocenters. The highest BCUT2D eigenvalue weighted by molar-refractivity contribution is 5.77. The predicted molar refractivity (Wildman–Crippen MR) is 57.2 cm³/mol. The van der Waals surface area contributed by atoms with Crippen LogP contribution in [-0.2, 0) is 9.53 Å². The van der Waals surface area contributed by atoms with E-state index < -0.39 is 17.6 Å². The molecule has 0 aromatic carbocycles. The van der Waals surface area contributed by atoms with Gasteiger partial charge in [-0.1, -0.05) is 6.92 Å². The van der Waals surface area contributed by atoms with Gasteiger partial charge in [0, 0.05) is 0 Å². The van der Waals surface area contributed by atoms with Gasteiger partial charge in [-0.3, -0.25) is 4.79 Å². The number of hydrogen-bond acceptors (Lipinski definition) is 4. The standard InChI is InChI=1S/C11H21NO3/c1-3-11(2,14)9(12)10(13)15-8-6-4-5-7-8/h8-9,14H,3-7,12H2,1-2H3/t9-,11?/m1/s1. The highest BCUT2D eigenvalue weighted by atomic mass is 16.5. The number of esters is 1. The van der Waals surface area contributed by atoms with E-state index in [9.17, 15) is 9.90 Å². The topological polar surface area (TPSA) is 72.5 Å². The lowest BCUT2D eigenvalue weighted by molar-refractivity contribution is -0.156. The number of carbonyl (C=O) groups excluding carboxylic acids is 1. The largest absolute Gasteiger partial charge is 0.461 e. The van der Waals surface area contributed by atoms with Crippen LogP contribution in [0, 0.1) is 0 Å². The Hall–Kier alpha value is -0.610. The van der Waals surface area contributed by atoms with Gasteiger partial charge in [-0.05, 0) is 39.0 Å². The van der Waals surface area contributed by atoms with Crippen molar-refractivity contribution in [2.45, 2.75) is 63.7 Å². The zero-order valence-corrected chi connectivity index (χ0v) is 9.53. The monoisotopic (exact) mass is 215 g/mol. The Labute approximate surface area is 90.8 Å². The van der Waals surface area contributed by atoms with Crippen LogP contribution in [0.15, 0.2) is 0 Å². The third kappa shape index (κ3) is 3.18. The fourth-order valence-corrected chi connectivity index (χ4v) is 1.72. The van der Waals surface area contributed by atoms with E-state index in [4.69, 9.17) is 10.5 Å². The fourth-order valence-electron chi connectivity index (χ4n) is 1.72. The number of rotatable bonds is 4. The second kappa shape index (κ2) is 4.94. The molecule has 0 aromatic heterocycles. The van der Waals surface area contributed by atoms with Crippen molar-refractivity contribution in [1.29, 1.82) is 0 Å². The molecule has 1 aliphatic rings. The molecule has 0 aromatic rings. The first kappa shape index (κ1) is 12.5. The molecule has 0 saturated heterocycles. The molecule has 88 valence electrons. The summed E-state index contributed by atoms with van der Waals surface area (Å²) in [7, 11) is 0. The Morgan fingerprint density at radius 2 is 2.13 bits per heavy atom. The number of carbonyl (C=O) groups is 1. The Morgan fingerprint density at radius 1 is 1.60 bits per heavy atom. The quantitative estimate of drug-likeness (QED) is 0.685. The van der Waals surface area contributed by atoms with Crippen molar-refractivity contribution in [2.24, 2.45) is 5.73 Å². The van der Waals surface area contributed by atoms with Crippen molar-refractivity contribution in [1.82, 2.24) is 0 Å². The molecule has 1 aliphatic carbocycles. The fraction of sp³-hybridized carbons (Fsp3) is 0.909. The van der Waals surface area contributed by atoms with Crippen LogP contribution in [0.25, 0.3) is 0 Å². The molecule has 1 saturated carbocycles. The Kier molecular flexibility index (Phi) is 4.11. The van der Waals surface area contributed by atoms with Gasteiger partial charge in [-0.2, -0.15) is 0 Å². The van der Waals surface area contributed by atoms with Gasteiger partial charge in [0.05, 0.1) is 5.60 Å². The molecule has 15 heavy (non-hydrogen) atoms. The van der Waals surface area contributed by atoms with Crippen molar-refractivity contribution < 1.29 is 14.6 Å². The molecule has 3 N–H and O–H groups in total. The van der Waals surface area contributed by atoms with Crippen LogP contribution >= 0.6 is 0 Å². The lowest BCUT2D eigenvalue weighted by atomic mass is 9.94. The van der Waals surface area contributed by atoms with Crippen LogP contribution in [-0.4, -0.2) is 28.8 Å². The van der Waals surface area contributed by atoms with Crippen molar-refractivity contribution in [3.05, 3.63) is 0 Å². The third-order valence-electron chi connectivity index (χ3n) is 3.22. The average Bonchev–Trinajstić information content (AvgIpc) is 2.69. The summed E-state index contributed by atoms with van der Waals surface area (Å²) in [5, 5.41) is 9.81. The molecule has 0 radical (unpaired) electrons. The van der Waals surface area contributed by atoms with E-state index in [2.05, 4.69) is 0 Å². The molecule has 4 nitrogen and oxygen atoms in total. The first-order valence-electron chi connectivity index (χ1n) is 5.66. The van der Waals surface area contributed by atoms with Gasteiger partial charge in [-0.15, -0.1) is 0 Å². The highest BCUT2D eigenvalue weighted by Crippen LogP contribution is 2.22. The van der Waals surface area contributed by atoms with E-state index >= 15 is 0 Å². The summed E-state index contributed by atoms with van der Waals surface area (Å²) in [5.41, 5.74) is 4.49. The molecule has 0 aliphatic heterocycles. The SMILES string of the molecule is CCC(C)(O)[C@H](N)C(=O)OC1CCCC1. The van der Waals surface area contributed by atoms with Crippen LogP contribution in [0.4, 0.5) is 0 Å². The Morgan fingerprint density at radius 3 is 2.60 bits per heavy atom. The van der Waals surface area contributed by atoms with E-state index in [-0.39, 0.29) is 6.10 Å². The van der Waals surface area contributed by atoms with Gasteiger partial charge >= 0.3 is 5.97 Å². The molecule has 0 bridgehead atoms. The first-order chi connectivity index (χ1) is 6.97. The highest BCUT2D eigenvalue weighted by Gasteiger charge is 2.35. The normalized spacial score (nSPS) is 23.5. The summed E-state index contributed by atoms with van der Waals surface area (Å²) in [6, 6.07) is -0.942. The minimum absolute atomic E-state index is 0.0104. The molecule has 1 rings (SSSR count). The van der Waals surface area contributed by atoms with E-state index in [0.717, 1.165) is 25.7 Å².